The molecule has 1 amide bonds. The minimum absolute atomic E-state index is 0.129. The van der Waals surface area contributed by atoms with Crippen LogP contribution in [0.1, 0.15) is 48.0 Å². The molecule has 3 aliphatic rings. The maximum atomic E-state index is 13.3. The molecule has 2 saturated carbocycles. The first-order valence-corrected chi connectivity index (χ1v) is 12.3. The summed E-state index contributed by atoms with van der Waals surface area (Å²) in [6.45, 7) is 5.45. The Labute approximate surface area is 195 Å². The minimum Gasteiger partial charge on any atom is -0.457 e. The van der Waals surface area contributed by atoms with Gasteiger partial charge in [-0.1, -0.05) is 11.6 Å². The Hall–Kier alpha value is -2.08. The molecule has 0 atom stereocenters. The average Bonchev–Trinajstić information content (AvgIpc) is 3.69. The first kappa shape index (κ1) is 21.7. The van der Waals surface area contributed by atoms with E-state index in [4.69, 9.17) is 16.3 Å². The van der Waals surface area contributed by atoms with Gasteiger partial charge in [0.2, 0.25) is 0 Å². The predicted molar refractivity (Wildman–Crippen MR) is 128 cm³/mol. The molecule has 1 heterocycles. The van der Waals surface area contributed by atoms with Crippen LogP contribution in [-0.2, 0) is 6.54 Å². The van der Waals surface area contributed by atoms with Crippen LogP contribution in [0.2, 0.25) is 5.02 Å². The van der Waals surface area contributed by atoms with Crippen molar-refractivity contribution in [2.24, 2.45) is 5.92 Å². The zero-order chi connectivity index (χ0) is 21.9. The number of benzene rings is 2. The summed E-state index contributed by atoms with van der Waals surface area (Å²) in [5.41, 5.74) is 1.76. The third-order valence-corrected chi connectivity index (χ3v) is 6.93. The van der Waals surface area contributed by atoms with Gasteiger partial charge < -0.3 is 15.0 Å². The van der Waals surface area contributed by atoms with E-state index in [2.05, 4.69) is 10.2 Å². The number of halogens is 1. The van der Waals surface area contributed by atoms with Crippen molar-refractivity contribution in [1.29, 1.82) is 0 Å². The van der Waals surface area contributed by atoms with Crippen LogP contribution in [0.25, 0.3) is 0 Å². The Morgan fingerprint density at radius 3 is 2.56 bits per heavy atom. The van der Waals surface area contributed by atoms with E-state index in [1.165, 1.54) is 25.7 Å². The summed E-state index contributed by atoms with van der Waals surface area (Å²) in [6, 6.07) is 14.0. The minimum atomic E-state index is 0.129. The van der Waals surface area contributed by atoms with E-state index in [1.807, 2.05) is 47.4 Å². The lowest BCUT2D eigenvalue weighted by Gasteiger charge is -2.22. The quantitative estimate of drug-likeness (QED) is 0.614. The van der Waals surface area contributed by atoms with Gasteiger partial charge in [-0.2, -0.15) is 0 Å². The standard InChI is InChI=1S/C26H32ClN3O2/c27-22-5-9-24(10-6-22)32-25-11-4-20(16-21(25)18-28-17-19-2-3-19)26(31)30-13-1-12-29(14-15-30)23-7-8-23/h4-6,9-11,16,19,23,28H,1-3,7-8,12-15,17-18H2. The molecular weight excluding hydrogens is 422 g/mol. The molecule has 2 aromatic rings. The molecule has 5 nitrogen and oxygen atoms in total. The lowest BCUT2D eigenvalue weighted by Crippen LogP contribution is -2.35. The van der Waals surface area contributed by atoms with Gasteiger partial charge in [-0.05, 0) is 87.0 Å². The number of hydrogen-bond donors (Lipinski definition) is 1. The van der Waals surface area contributed by atoms with Crippen molar-refractivity contribution in [3.63, 3.8) is 0 Å². The van der Waals surface area contributed by atoms with Gasteiger partial charge in [-0.3, -0.25) is 9.69 Å². The van der Waals surface area contributed by atoms with Crippen molar-refractivity contribution in [3.8, 4) is 11.5 Å². The first-order valence-electron chi connectivity index (χ1n) is 12.0. The van der Waals surface area contributed by atoms with E-state index < -0.39 is 0 Å². The highest BCUT2D eigenvalue weighted by Crippen LogP contribution is 2.31. The number of carbonyl (C=O) groups excluding carboxylic acids is 1. The van der Waals surface area contributed by atoms with Crippen LogP contribution in [0.5, 0.6) is 11.5 Å². The molecule has 0 spiro atoms. The Morgan fingerprint density at radius 2 is 1.81 bits per heavy atom. The molecule has 170 valence electrons. The second kappa shape index (κ2) is 9.82. The van der Waals surface area contributed by atoms with Crippen molar-refractivity contribution in [2.75, 3.05) is 32.7 Å². The molecule has 1 saturated heterocycles. The number of nitrogens with zero attached hydrogens (tertiary/aromatic N) is 2. The van der Waals surface area contributed by atoms with Crippen LogP contribution >= 0.6 is 11.6 Å². The van der Waals surface area contributed by atoms with Crippen molar-refractivity contribution in [1.82, 2.24) is 15.1 Å². The summed E-state index contributed by atoms with van der Waals surface area (Å²) in [7, 11) is 0. The fourth-order valence-corrected chi connectivity index (χ4v) is 4.57. The van der Waals surface area contributed by atoms with Crippen molar-refractivity contribution in [2.45, 2.75) is 44.7 Å². The van der Waals surface area contributed by atoms with E-state index in [-0.39, 0.29) is 5.91 Å². The largest absolute Gasteiger partial charge is 0.457 e. The molecule has 1 aliphatic heterocycles. The molecule has 0 radical (unpaired) electrons. The van der Waals surface area contributed by atoms with Gasteiger partial charge >= 0.3 is 0 Å². The second-order valence-electron chi connectivity index (χ2n) is 9.37. The maximum Gasteiger partial charge on any atom is 0.253 e. The Kier molecular flexibility index (Phi) is 6.67. The fraction of sp³-hybridized carbons (Fsp3) is 0.500. The lowest BCUT2D eigenvalue weighted by atomic mass is 10.1. The maximum absolute atomic E-state index is 13.3. The molecule has 0 unspecified atom stereocenters. The van der Waals surface area contributed by atoms with Crippen LogP contribution in [0, 0.1) is 5.92 Å². The van der Waals surface area contributed by atoms with Gasteiger partial charge in [0.05, 0.1) is 0 Å². The first-order chi connectivity index (χ1) is 15.7. The summed E-state index contributed by atoms with van der Waals surface area (Å²) < 4.78 is 6.16. The van der Waals surface area contributed by atoms with Crippen LogP contribution < -0.4 is 10.1 Å². The zero-order valence-corrected chi connectivity index (χ0v) is 19.3. The van der Waals surface area contributed by atoms with Crippen molar-refractivity contribution >= 4 is 17.5 Å². The smallest absolute Gasteiger partial charge is 0.253 e. The van der Waals surface area contributed by atoms with Crippen LogP contribution in [0.15, 0.2) is 42.5 Å². The van der Waals surface area contributed by atoms with Gasteiger partial charge in [-0.15, -0.1) is 0 Å². The number of ether oxygens (including phenoxy) is 1. The Morgan fingerprint density at radius 1 is 1.00 bits per heavy atom. The summed E-state index contributed by atoms with van der Waals surface area (Å²) in [4.78, 5) is 17.9. The molecule has 32 heavy (non-hydrogen) atoms. The van der Waals surface area contributed by atoms with Crippen molar-refractivity contribution in [3.05, 3.63) is 58.6 Å². The van der Waals surface area contributed by atoms with E-state index >= 15 is 0 Å². The molecule has 5 rings (SSSR count). The second-order valence-corrected chi connectivity index (χ2v) is 9.80. The van der Waals surface area contributed by atoms with Gasteiger partial charge in [0.15, 0.2) is 0 Å². The van der Waals surface area contributed by atoms with E-state index in [1.54, 1.807) is 0 Å². The van der Waals surface area contributed by atoms with Gasteiger partial charge in [-0.25, -0.2) is 0 Å². The molecule has 1 N–H and O–H groups in total. The van der Waals surface area contributed by atoms with Gasteiger partial charge in [0.25, 0.3) is 5.91 Å². The Bertz CT molecular complexity index is 941. The topological polar surface area (TPSA) is 44.8 Å². The fourth-order valence-electron chi connectivity index (χ4n) is 4.44. The monoisotopic (exact) mass is 453 g/mol. The predicted octanol–water partition coefficient (Wildman–Crippen LogP) is 4.94. The molecule has 0 aromatic heterocycles. The summed E-state index contributed by atoms with van der Waals surface area (Å²) in [5.74, 6) is 2.45. The van der Waals surface area contributed by atoms with Gasteiger partial charge in [0.1, 0.15) is 11.5 Å². The number of hydrogen-bond acceptors (Lipinski definition) is 4. The lowest BCUT2D eigenvalue weighted by molar-refractivity contribution is 0.0761. The molecule has 3 fully saturated rings. The van der Waals surface area contributed by atoms with Crippen molar-refractivity contribution < 1.29 is 9.53 Å². The number of amides is 1. The SMILES string of the molecule is O=C(c1ccc(Oc2ccc(Cl)cc2)c(CNCC2CC2)c1)N1CCCN(C2CC2)CC1. The highest BCUT2D eigenvalue weighted by Gasteiger charge is 2.31. The normalized spacial score (nSPS) is 19.6. The van der Waals surface area contributed by atoms with Crippen LogP contribution in [0.3, 0.4) is 0 Å². The molecule has 6 heteroatoms. The highest BCUT2D eigenvalue weighted by molar-refractivity contribution is 6.30. The Balaban J connectivity index is 1.30. The molecule has 2 aromatic carbocycles. The van der Waals surface area contributed by atoms with E-state index in [0.29, 0.717) is 11.6 Å². The van der Waals surface area contributed by atoms with Gasteiger partial charge in [0, 0.05) is 54.9 Å². The van der Waals surface area contributed by atoms with E-state index in [0.717, 1.165) is 73.7 Å². The number of carbonyl (C=O) groups is 1. The highest BCUT2D eigenvalue weighted by atomic mass is 35.5. The molecule has 0 bridgehead atoms. The average molecular weight is 454 g/mol. The number of rotatable bonds is 8. The third-order valence-electron chi connectivity index (χ3n) is 6.68. The molecule has 2 aliphatic carbocycles. The summed E-state index contributed by atoms with van der Waals surface area (Å²) in [5, 5.41) is 4.23. The summed E-state index contributed by atoms with van der Waals surface area (Å²) in [6.07, 6.45) is 6.31. The van der Waals surface area contributed by atoms with E-state index in [9.17, 15) is 4.79 Å². The third kappa shape index (κ3) is 5.64. The number of nitrogens with one attached hydrogen (secondary N) is 1. The van der Waals surface area contributed by atoms with Crippen LogP contribution in [0.4, 0.5) is 0 Å². The molecular formula is C26H32ClN3O2. The zero-order valence-electron chi connectivity index (χ0n) is 18.6. The van der Waals surface area contributed by atoms with Crippen LogP contribution in [-0.4, -0.2) is 54.5 Å². The summed E-state index contributed by atoms with van der Waals surface area (Å²) >= 11 is 6.01.